The number of hydrogen-bond donors (Lipinski definition) is 1. The molecule has 2 rings (SSSR count). The van der Waals surface area contributed by atoms with Gasteiger partial charge in [-0.3, -0.25) is 0 Å². The summed E-state index contributed by atoms with van der Waals surface area (Å²) in [4.78, 5) is 1.16. The highest BCUT2D eigenvalue weighted by atomic mass is 79.9. The molecule has 0 aliphatic rings. The molecule has 0 amide bonds. The number of benzene rings is 1. The Morgan fingerprint density at radius 1 is 1.16 bits per heavy atom. The summed E-state index contributed by atoms with van der Waals surface area (Å²) in [6.07, 6.45) is 0. The third-order valence-electron chi connectivity index (χ3n) is 3.07. The molecule has 1 aromatic carbocycles. The van der Waals surface area contributed by atoms with Crippen LogP contribution in [0.15, 0.2) is 38.6 Å². The van der Waals surface area contributed by atoms with E-state index in [9.17, 15) is 0 Å². The molecule has 0 saturated heterocycles. The molecule has 19 heavy (non-hydrogen) atoms. The van der Waals surface area contributed by atoms with Crippen molar-refractivity contribution in [1.82, 2.24) is 0 Å². The highest BCUT2D eigenvalue weighted by Gasteiger charge is 2.22. The van der Waals surface area contributed by atoms with Crippen LogP contribution < -0.4 is 5.73 Å². The van der Waals surface area contributed by atoms with Gasteiger partial charge in [-0.1, -0.05) is 45.0 Å². The van der Waals surface area contributed by atoms with E-state index in [0.717, 1.165) is 13.1 Å². The van der Waals surface area contributed by atoms with Gasteiger partial charge in [0.15, 0.2) is 0 Å². The SMILES string of the molecule is CC(C)(C)c1ccccc1C(N)c1cc(Br)c(Br)s1. The number of nitrogens with two attached hydrogens (primary N) is 1. The monoisotopic (exact) mass is 401 g/mol. The third-order valence-corrected chi connectivity index (χ3v) is 6.41. The van der Waals surface area contributed by atoms with Crippen LogP contribution in [0.2, 0.25) is 0 Å². The van der Waals surface area contributed by atoms with E-state index in [1.54, 1.807) is 11.3 Å². The Kier molecular flexibility index (Phi) is 4.56. The third kappa shape index (κ3) is 3.30. The fourth-order valence-corrected chi connectivity index (χ4v) is 4.23. The molecule has 0 radical (unpaired) electrons. The Hall–Kier alpha value is -0.160. The predicted molar refractivity (Wildman–Crippen MR) is 90.9 cm³/mol. The van der Waals surface area contributed by atoms with Gasteiger partial charge in [0.25, 0.3) is 0 Å². The van der Waals surface area contributed by atoms with E-state index in [-0.39, 0.29) is 11.5 Å². The van der Waals surface area contributed by atoms with Crippen LogP contribution in [-0.2, 0) is 5.41 Å². The molecule has 0 bridgehead atoms. The van der Waals surface area contributed by atoms with Gasteiger partial charge in [-0.05, 0) is 54.5 Å². The molecule has 1 atom stereocenters. The van der Waals surface area contributed by atoms with Crippen molar-refractivity contribution >= 4 is 43.2 Å². The first-order chi connectivity index (χ1) is 8.80. The van der Waals surface area contributed by atoms with E-state index in [4.69, 9.17) is 5.73 Å². The zero-order chi connectivity index (χ0) is 14.2. The predicted octanol–water partition coefficient (Wildman–Crippen LogP) is 5.62. The maximum atomic E-state index is 6.46. The van der Waals surface area contributed by atoms with Crippen LogP contribution in [0.3, 0.4) is 0 Å². The minimum Gasteiger partial charge on any atom is -0.320 e. The van der Waals surface area contributed by atoms with Gasteiger partial charge in [0.2, 0.25) is 0 Å². The number of halogens is 2. The van der Waals surface area contributed by atoms with Crippen LogP contribution in [0.4, 0.5) is 0 Å². The molecule has 2 N–H and O–H groups in total. The molecule has 1 heterocycles. The lowest BCUT2D eigenvalue weighted by Crippen LogP contribution is -2.20. The van der Waals surface area contributed by atoms with Gasteiger partial charge in [-0.15, -0.1) is 11.3 Å². The molecule has 0 saturated carbocycles. The van der Waals surface area contributed by atoms with E-state index < -0.39 is 0 Å². The molecule has 1 nitrogen and oxygen atoms in total. The Balaban J connectivity index is 2.47. The number of rotatable bonds is 2. The van der Waals surface area contributed by atoms with E-state index >= 15 is 0 Å². The summed E-state index contributed by atoms with van der Waals surface area (Å²) in [5, 5.41) is 0. The first-order valence-electron chi connectivity index (χ1n) is 6.10. The lowest BCUT2D eigenvalue weighted by atomic mass is 9.82. The molecule has 4 heteroatoms. The largest absolute Gasteiger partial charge is 0.320 e. The minimum atomic E-state index is -0.0805. The summed E-state index contributed by atoms with van der Waals surface area (Å²) < 4.78 is 2.15. The summed E-state index contributed by atoms with van der Waals surface area (Å²) in [7, 11) is 0. The second kappa shape index (κ2) is 5.68. The first kappa shape index (κ1) is 15.2. The zero-order valence-corrected chi connectivity index (χ0v) is 15.2. The Bertz CT molecular complexity index is 565. The molecule has 0 spiro atoms. The number of thiophene rings is 1. The lowest BCUT2D eigenvalue weighted by Gasteiger charge is -2.25. The summed E-state index contributed by atoms with van der Waals surface area (Å²) in [5.41, 5.74) is 9.08. The molecular weight excluding hydrogens is 386 g/mol. The molecule has 0 aliphatic carbocycles. The summed E-state index contributed by atoms with van der Waals surface area (Å²) in [5.74, 6) is 0. The van der Waals surface area contributed by atoms with Crippen molar-refractivity contribution in [3.05, 3.63) is 54.6 Å². The van der Waals surface area contributed by atoms with E-state index in [0.29, 0.717) is 0 Å². The van der Waals surface area contributed by atoms with Gasteiger partial charge in [0.05, 0.1) is 9.83 Å². The molecule has 2 aromatic rings. The van der Waals surface area contributed by atoms with E-state index in [2.05, 4.69) is 83.0 Å². The van der Waals surface area contributed by atoms with Crippen molar-refractivity contribution in [2.24, 2.45) is 5.73 Å². The minimum absolute atomic E-state index is 0.0805. The number of hydrogen-bond acceptors (Lipinski definition) is 2. The summed E-state index contributed by atoms with van der Waals surface area (Å²) >= 11 is 8.74. The van der Waals surface area contributed by atoms with Crippen LogP contribution in [-0.4, -0.2) is 0 Å². The van der Waals surface area contributed by atoms with Crippen molar-refractivity contribution in [2.45, 2.75) is 32.2 Å². The Morgan fingerprint density at radius 3 is 2.32 bits per heavy atom. The molecule has 0 aliphatic heterocycles. The quantitative estimate of drug-likeness (QED) is 0.692. The fourth-order valence-electron chi connectivity index (χ4n) is 2.12. The maximum Gasteiger partial charge on any atom is 0.0843 e. The standard InChI is InChI=1S/C15H17Br2NS/c1-15(2,3)10-7-5-4-6-9(10)13(18)12-8-11(16)14(17)19-12/h4-8,13H,18H2,1-3H3. The second-order valence-electron chi connectivity index (χ2n) is 5.59. The van der Waals surface area contributed by atoms with Crippen LogP contribution in [0.5, 0.6) is 0 Å². The van der Waals surface area contributed by atoms with Gasteiger partial charge in [-0.25, -0.2) is 0 Å². The second-order valence-corrected chi connectivity index (χ2v) is 8.84. The smallest absolute Gasteiger partial charge is 0.0843 e. The van der Waals surface area contributed by atoms with Crippen molar-refractivity contribution in [3.8, 4) is 0 Å². The molecular formula is C15H17Br2NS. The van der Waals surface area contributed by atoms with Crippen molar-refractivity contribution in [2.75, 3.05) is 0 Å². The van der Waals surface area contributed by atoms with E-state index in [1.165, 1.54) is 11.1 Å². The van der Waals surface area contributed by atoms with Crippen molar-refractivity contribution < 1.29 is 0 Å². The van der Waals surface area contributed by atoms with Crippen LogP contribution >= 0.6 is 43.2 Å². The molecule has 1 unspecified atom stereocenters. The molecule has 102 valence electrons. The van der Waals surface area contributed by atoms with Gasteiger partial charge < -0.3 is 5.73 Å². The van der Waals surface area contributed by atoms with E-state index in [1.807, 2.05) is 0 Å². The van der Waals surface area contributed by atoms with Gasteiger partial charge >= 0.3 is 0 Å². The fraction of sp³-hybridized carbons (Fsp3) is 0.333. The van der Waals surface area contributed by atoms with Gasteiger partial charge in [0, 0.05) is 9.35 Å². The molecule has 0 fully saturated rings. The summed E-state index contributed by atoms with van der Waals surface area (Å²) in [6, 6.07) is 10.5. The highest BCUT2D eigenvalue weighted by Crippen LogP contribution is 2.39. The van der Waals surface area contributed by atoms with Gasteiger partial charge in [0.1, 0.15) is 0 Å². The van der Waals surface area contributed by atoms with Crippen molar-refractivity contribution in [3.63, 3.8) is 0 Å². The van der Waals surface area contributed by atoms with Crippen LogP contribution in [0.1, 0.15) is 42.8 Å². The lowest BCUT2D eigenvalue weighted by molar-refractivity contribution is 0.578. The Labute approximate surface area is 135 Å². The average molecular weight is 403 g/mol. The normalized spacial score (nSPS) is 13.6. The van der Waals surface area contributed by atoms with Crippen LogP contribution in [0.25, 0.3) is 0 Å². The topological polar surface area (TPSA) is 26.0 Å². The maximum absolute atomic E-state index is 6.46. The summed E-state index contributed by atoms with van der Waals surface area (Å²) in [6.45, 7) is 6.66. The highest BCUT2D eigenvalue weighted by molar-refractivity contribution is 9.13. The van der Waals surface area contributed by atoms with Crippen molar-refractivity contribution in [1.29, 1.82) is 0 Å². The first-order valence-corrected chi connectivity index (χ1v) is 8.50. The average Bonchev–Trinajstić information content (AvgIpc) is 2.68. The molecule has 1 aromatic heterocycles. The van der Waals surface area contributed by atoms with Crippen LogP contribution in [0, 0.1) is 0 Å². The Morgan fingerprint density at radius 2 is 1.79 bits per heavy atom. The van der Waals surface area contributed by atoms with Gasteiger partial charge in [-0.2, -0.15) is 0 Å². The zero-order valence-electron chi connectivity index (χ0n) is 11.2.